The maximum Gasteiger partial charge on any atom is 0.411 e. The molecule has 0 aliphatic carbocycles. The van der Waals surface area contributed by atoms with E-state index in [1.54, 1.807) is 27.8 Å². The lowest BCUT2D eigenvalue weighted by molar-refractivity contribution is 0.201. The second-order valence-corrected chi connectivity index (χ2v) is 6.97. The van der Waals surface area contributed by atoms with Crippen molar-refractivity contribution in [2.75, 3.05) is 11.4 Å². The number of unbranched alkanes of at least 4 members (excludes halogenated alkanes) is 1. The number of anilines is 1. The average molecular weight is 395 g/mol. The molecule has 0 bridgehead atoms. The van der Waals surface area contributed by atoms with E-state index in [1.165, 1.54) is 11.0 Å². The van der Waals surface area contributed by atoms with Gasteiger partial charge in [-0.05, 0) is 30.5 Å². The molecule has 3 rings (SSSR count). The molecular formula is C21H25N5O3. The molecule has 0 saturated carbocycles. The van der Waals surface area contributed by atoms with Crippen LogP contribution in [0.4, 0.5) is 10.5 Å². The third kappa shape index (κ3) is 4.53. The van der Waals surface area contributed by atoms with Gasteiger partial charge in [0.25, 0.3) is 0 Å². The van der Waals surface area contributed by atoms with E-state index < -0.39 is 6.09 Å². The molecule has 0 aliphatic heterocycles. The predicted octanol–water partition coefficient (Wildman–Crippen LogP) is 3.15. The van der Waals surface area contributed by atoms with Crippen molar-refractivity contribution < 1.29 is 9.90 Å². The molecule has 2 heterocycles. The van der Waals surface area contributed by atoms with Crippen molar-refractivity contribution in [1.82, 2.24) is 19.6 Å². The summed E-state index contributed by atoms with van der Waals surface area (Å²) >= 11 is 0. The van der Waals surface area contributed by atoms with Gasteiger partial charge in [0, 0.05) is 32.3 Å². The van der Waals surface area contributed by atoms with Crippen molar-refractivity contribution in [3.05, 3.63) is 69.9 Å². The molecule has 0 fully saturated rings. The quantitative estimate of drug-likeness (QED) is 0.663. The molecule has 0 unspecified atom stereocenters. The zero-order valence-corrected chi connectivity index (χ0v) is 16.9. The van der Waals surface area contributed by atoms with Crippen LogP contribution in [0.1, 0.15) is 36.6 Å². The van der Waals surface area contributed by atoms with Crippen LogP contribution in [0.15, 0.2) is 47.7 Å². The number of hydrogen-bond acceptors (Lipinski definition) is 4. The van der Waals surface area contributed by atoms with Crippen molar-refractivity contribution in [2.24, 2.45) is 7.05 Å². The Morgan fingerprint density at radius 2 is 2.07 bits per heavy atom. The van der Waals surface area contributed by atoms with Gasteiger partial charge in [-0.15, -0.1) is 0 Å². The molecule has 0 aliphatic rings. The van der Waals surface area contributed by atoms with Crippen molar-refractivity contribution in [1.29, 1.82) is 0 Å². The molecule has 1 aromatic carbocycles. The van der Waals surface area contributed by atoms with Gasteiger partial charge in [0.2, 0.25) is 5.43 Å². The number of carboxylic acid groups (broad SMARTS) is 1. The van der Waals surface area contributed by atoms with E-state index in [0.717, 1.165) is 29.7 Å². The molecule has 8 nitrogen and oxygen atoms in total. The lowest BCUT2D eigenvalue weighted by Crippen LogP contribution is -2.31. The molecule has 1 amide bonds. The third-order valence-electron chi connectivity index (χ3n) is 4.87. The van der Waals surface area contributed by atoms with E-state index in [0.29, 0.717) is 24.3 Å². The normalized spacial score (nSPS) is 10.9. The summed E-state index contributed by atoms with van der Waals surface area (Å²) in [4.78, 5) is 25.5. The number of amides is 1. The topological polar surface area (TPSA) is 93.2 Å². The highest BCUT2D eigenvalue weighted by molar-refractivity contribution is 5.87. The third-order valence-corrected chi connectivity index (χ3v) is 4.87. The molecule has 8 heteroatoms. The second-order valence-electron chi connectivity index (χ2n) is 6.97. The molecule has 0 spiro atoms. The van der Waals surface area contributed by atoms with Crippen molar-refractivity contribution in [3.63, 3.8) is 0 Å². The zero-order chi connectivity index (χ0) is 21.0. The van der Waals surface area contributed by atoms with Crippen LogP contribution in [-0.4, -0.2) is 37.3 Å². The molecular weight excluding hydrogens is 370 g/mol. The van der Waals surface area contributed by atoms with Crippen LogP contribution < -0.4 is 10.3 Å². The monoisotopic (exact) mass is 395 g/mol. The van der Waals surface area contributed by atoms with Crippen molar-refractivity contribution in [2.45, 2.75) is 33.1 Å². The highest BCUT2D eigenvalue weighted by Crippen LogP contribution is 2.25. The van der Waals surface area contributed by atoms with Crippen LogP contribution in [0.3, 0.4) is 0 Å². The summed E-state index contributed by atoms with van der Waals surface area (Å²) in [6.45, 7) is 4.35. The number of carbonyl (C=O) groups is 1. The average Bonchev–Trinajstić information content (AvgIpc) is 3.12. The summed E-state index contributed by atoms with van der Waals surface area (Å²) in [6.07, 6.45) is 6.13. The minimum absolute atomic E-state index is 0.156. The Morgan fingerprint density at radius 1 is 1.28 bits per heavy atom. The highest BCUT2D eigenvalue weighted by atomic mass is 16.4. The molecule has 3 aromatic rings. The van der Waals surface area contributed by atoms with Gasteiger partial charge in [-0.3, -0.25) is 14.4 Å². The van der Waals surface area contributed by atoms with Crippen LogP contribution in [0.5, 0.6) is 0 Å². The van der Waals surface area contributed by atoms with Crippen LogP contribution in [0.2, 0.25) is 0 Å². The lowest BCUT2D eigenvalue weighted by Gasteiger charge is -2.22. The van der Waals surface area contributed by atoms with Gasteiger partial charge < -0.3 is 5.11 Å². The Morgan fingerprint density at radius 3 is 2.72 bits per heavy atom. The van der Waals surface area contributed by atoms with Gasteiger partial charge >= 0.3 is 6.09 Å². The smallest absolute Gasteiger partial charge is 0.411 e. The molecule has 1 N–H and O–H groups in total. The Bertz CT molecular complexity index is 1070. The van der Waals surface area contributed by atoms with Gasteiger partial charge in [-0.2, -0.15) is 10.2 Å². The van der Waals surface area contributed by atoms with Gasteiger partial charge in [0.1, 0.15) is 11.4 Å². The maximum absolute atomic E-state index is 12.4. The maximum atomic E-state index is 12.4. The fourth-order valence-corrected chi connectivity index (χ4v) is 3.21. The minimum Gasteiger partial charge on any atom is -0.465 e. The van der Waals surface area contributed by atoms with E-state index in [-0.39, 0.29) is 5.43 Å². The summed E-state index contributed by atoms with van der Waals surface area (Å²) in [5.41, 5.74) is 3.36. The second kappa shape index (κ2) is 8.72. The van der Waals surface area contributed by atoms with Crippen molar-refractivity contribution in [3.8, 4) is 5.69 Å². The summed E-state index contributed by atoms with van der Waals surface area (Å²) in [5, 5.41) is 18.2. The van der Waals surface area contributed by atoms with Gasteiger partial charge in [-0.1, -0.05) is 25.5 Å². The van der Waals surface area contributed by atoms with Crippen LogP contribution in [0, 0.1) is 6.92 Å². The zero-order valence-electron chi connectivity index (χ0n) is 16.9. The fourth-order valence-electron chi connectivity index (χ4n) is 3.21. The van der Waals surface area contributed by atoms with E-state index in [1.807, 2.05) is 39.2 Å². The fraction of sp³-hybridized carbons (Fsp3) is 0.333. The summed E-state index contributed by atoms with van der Waals surface area (Å²) < 4.78 is 3.28. The SMILES string of the molecule is CCCCN(C(=O)O)c1cccc(Cc2nn(-c3cnn(C)c3)ccc2=O)c1C. The Labute approximate surface area is 169 Å². The first-order chi connectivity index (χ1) is 13.9. The van der Waals surface area contributed by atoms with Gasteiger partial charge in [-0.25, -0.2) is 9.48 Å². The minimum atomic E-state index is -0.976. The Balaban J connectivity index is 1.95. The van der Waals surface area contributed by atoms with Crippen LogP contribution in [0.25, 0.3) is 5.69 Å². The van der Waals surface area contributed by atoms with E-state index in [9.17, 15) is 14.7 Å². The van der Waals surface area contributed by atoms with E-state index in [4.69, 9.17) is 0 Å². The lowest BCUT2D eigenvalue weighted by atomic mass is 10.0. The molecule has 0 radical (unpaired) electrons. The molecule has 152 valence electrons. The first kappa shape index (κ1) is 20.3. The highest BCUT2D eigenvalue weighted by Gasteiger charge is 2.18. The molecule has 2 aromatic heterocycles. The Kier molecular flexibility index (Phi) is 6.11. The van der Waals surface area contributed by atoms with Gasteiger partial charge in [0.15, 0.2) is 0 Å². The number of rotatable bonds is 7. The molecule has 0 atom stereocenters. The summed E-state index contributed by atoms with van der Waals surface area (Å²) in [5.74, 6) is 0. The number of aromatic nitrogens is 4. The Hall–Kier alpha value is -3.42. The first-order valence-corrected chi connectivity index (χ1v) is 9.57. The van der Waals surface area contributed by atoms with Crippen molar-refractivity contribution >= 4 is 11.8 Å². The predicted molar refractivity (Wildman–Crippen MR) is 111 cm³/mol. The van der Waals surface area contributed by atoms with E-state index >= 15 is 0 Å². The molecule has 0 saturated heterocycles. The number of benzene rings is 1. The van der Waals surface area contributed by atoms with Gasteiger partial charge in [0.05, 0.1) is 18.1 Å². The molecule has 29 heavy (non-hydrogen) atoms. The largest absolute Gasteiger partial charge is 0.465 e. The van der Waals surface area contributed by atoms with Crippen LogP contribution in [-0.2, 0) is 13.5 Å². The van der Waals surface area contributed by atoms with E-state index in [2.05, 4.69) is 10.2 Å². The number of nitrogens with zero attached hydrogens (tertiary/aromatic N) is 5. The standard InChI is InChI=1S/C21H25N5O3/c1-4-5-10-25(21(28)29)19-8-6-7-16(15(19)2)12-18-20(27)9-11-26(23-18)17-13-22-24(3)14-17/h6-9,11,13-14H,4-5,10,12H2,1-3H3,(H,28,29). The summed E-state index contributed by atoms with van der Waals surface area (Å²) in [7, 11) is 1.81. The number of hydrogen-bond donors (Lipinski definition) is 1. The summed E-state index contributed by atoms with van der Waals surface area (Å²) in [6, 6.07) is 7.01. The van der Waals surface area contributed by atoms with Crippen LogP contribution >= 0.6 is 0 Å². The number of aryl methyl sites for hydroxylation is 1. The first-order valence-electron chi connectivity index (χ1n) is 9.57.